The van der Waals surface area contributed by atoms with Crippen molar-refractivity contribution in [3.63, 3.8) is 0 Å². The highest BCUT2D eigenvalue weighted by atomic mass is 19.1. The van der Waals surface area contributed by atoms with Crippen LogP contribution in [-0.4, -0.2) is 26.2 Å². The van der Waals surface area contributed by atoms with Gasteiger partial charge in [-0.1, -0.05) is 13.0 Å². The monoisotopic (exact) mass is 236 g/mol. The molecular weight excluding hydrogens is 215 g/mol. The minimum Gasteiger partial charge on any atom is -0.369 e. The summed E-state index contributed by atoms with van der Waals surface area (Å²) >= 11 is 0. The molecule has 1 saturated heterocycles. The maximum atomic E-state index is 13.8. The summed E-state index contributed by atoms with van der Waals surface area (Å²) in [5.41, 5.74) is 1.87. The van der Waals surface area contributed by atoms with Gasteiger partial charge in [-0.05, 0) is 44.0 Å². The molecule has 2 rings (SSSR count). The van der Waals surface area contributed by atoms with E-state index in [9.17, 15) is 4.39 Å². The summed E-state index contributed by atoms with van der Waals surface area (Å²) in [5, 5.41) is 3.33. The summed E-state index contributed by atoms with van der Waals surface area (Å²) in [5.74, 6) is 0.444. The zero-order valence-corrected chi connectivity index (χ0v) is 10.8. The first kappa shape index (κ1) is 12.4. The van der Waals surface area contributed by atoms with Crippen LogP contribution in [-0.2, 0) is 0 Å². The molecular formula is C14H21FN2. The first-order valence-electron chi connectivity index (χ1n) is 6.30. The molecule has 1 aromatic rings. The fourth-order valence-corrected chi connectivity index (χ4v) is 2.66. The van der Waals surface area contributed by atoms with Crippen LogP contribution in [0.3, 0.4) is 0 Å². The summed E-state index contributed by atoms with van der Waals surface area (Å²) < 4.78 is 13.8. The van der Waals surface area contributed by atoms with E-state index in [-0.39, 0.29) is 5.82 Å². The van der Waals surface area contributed by atoms with Crippen molar-refractivity contribution in [1.29, 1.82) is 0 Å². The Morgan fingerprint density at radius 1 is 1.41 bits per heavy atom. The number of hydrogen-bond donors (Lipinski definition) is 1. The van der Waals surface area contributed by atoms with Gasteiger partial charge in [-0.3, -0.25) is 0 Å². The van der Waals surface area contributed by atoms with Crippen molar-refractivity contribution in [2.75, 3.05) is 25.0 Å². The van der Waals surface area contributed by atoms with Gasteiger partial charge in [-0.25, -0.2) is 4.39 Å². The third-order valence-corrected chi connectivity index (χ3v) is 3.72. The molecule has 1 aromatic carbocycles. The van der Waals surface area contributed by atoms with Crippen molar-refractivity contribution in [3.8, 4) is 0 Å². The molecule has 1 aliphatic heterocycles. The molecule has 17 heavy (non-hydrogen) atoms. The number of hydrogen-bond acceptors (Lipinski definition) is 2. The summed E-state index contributed by atoms with van der Waals surface area (Å²) in [6.07, 6.45) is 1.07. The number of benzene rings is 1. The van der Waals surface area contributed by atoms with E-state index in [1.165, 1.54) is 0 Å². The predicted molar refractivity (Wildman–Crippen MR) is 70.0 cm³/mol. The van der Waals surface area contributed by atoms with Crippen LogP contribution >= 0.6 is 0 Å². The molecule has 0 amide bonds. The number of aryl methyl sites for hydroxylation is 1. The van der Waals surface area contributed by atoms with E-state index in [0.717, 1.165) is 30.8 Å². The standard InChI is InChI=1S/C14H21FN2/c1-10-4-5-12(15)14(8-10)17-7-6-13(16-3)11(2)9-17/h4-5,8,11,13,16H,6-7,9H2,1-3H3. The van der Waals surface area contributed by atoms with Gasteiger partial charge in [0.25, 0.3) is 0 Å². The molecule has 3 heteroatoms. The molecule has 0 bridgehead atoms. The molecule has 0 saturated carbocycles. The smallest absolute Gasteiger partial charge is 0.146 e. The molecule has 1 N–H and O–H groups in total. The minimum absolute atomic E-state index is 0.106. The van der Waals surface area contributed by atoms with Crippen LogP contribution in [0.4, 0.5) is 10.1 Å². The van der Waals surface area contributed by atoms with E-state index in [2.05, 4.69) is 17.1 Å². The molecule has 0 aliphatic carbocycles. The Morgan fingerprint density at radius 2 is 2.18 bits per heavy atom. The highest BCUT2D eigenvalue weighted by Crippen LogP contribution is 2.26. The predicted octanol–water partition coefficient (Wildman–Crippen LogP) is 2.57. The second kappa shape index (κ2) is 5.05. The van der Waals surface area contributed by atoms with E-state index < -0.39 is 0 Å². The first-order chi connectivity index (χ1) is 8.11. The third-order valence-electron chi connectivity index (χ3n) is 3.72. The maximum Gasteiger partial charge on any atom is 0.146 e. The Morgan fingerprint density at radius 3 is 2.82 bits per heavy atom. The highest BCUT2D eigenvalue weighted by molar-refractivity contribution is 5.50. The average molecular weight is 236 g/mol. The largest absolute Gasteiger partial charge is 0.369 e. The number of nitrogens with one attached hydrogen (secondary N) is 1. The second-order valence-electron chi connectivity index (χ2n) is 5.06. The second-order valence-corrected chi connectivity index (χ2v) is 5.06. The zero-order chi connectivity index (χ0) is 12.4. The Balaban J connectivity index is 2.16. The molecule has 2 nitrogen and oxygen atoms in total. The number of piperidine rings is 1. The van der Waals surface area contributed by atoms with Crippen molar-refractivity contribution in [2.45, 2.75) is 26.3 Å². The minimum atomic E-state index is -0.106. The topological polar surface area (TPSA) is 15.3 Å². The van der Waals surface area contributed by atoms with E-state index in [0.29, 0.717) is 12.0 Å². The van der Waals surface area contributed by atoms with Crippen molar-refractivity contribution in [3.05, 3.63) is 29.6 Å². The normalized spacial score (nSPS) is 25.1. The van der Waals surface area contributed by atoms with E-state index in [1.807, 2.05) is 26.1 Å². The van der Waals surface area contributed by atoms with E-state index in [1.54, 1.807) is 6.07 Å². The van der Waals surface area contributed by atoms with Crippen LogP contribution in [0.25, 0.3) is 0 Å². The fraction of sp³-hybridized carbons (Fsp3) is 0.571. The molecule has 0 spiro atoms. The van der Waals surface area contributed by atoms with Crippen LogP contribution in [0, 0.1) is 18.7 Å². The van der Waals surface area contributed by atoms with Gasteiger partial charge in [0.05, 0.1) is 5.69 Å². The number of rotatable bonds is 2. The molecule has 2 atom stereocenters. The van der Waals surface area contributed by atoms with Crippen LogP contribution in [0.2, 0.25) is 0 Å². The fourth-order valence-electron chi connectivity index (χ4n) is 2.66. The van der Waals surface area contributed by atoms with Crippen molar-refractivity contribution in [2.24, 2.45) is 5.92 Å². The zero-order valence-electron chi connectivity index (χ0n) is 10.8. The van der Waals surface area contributed by atoms with E-state index in [4.69, 9.17) is 0 Å². The highest BCUT2D eigenvalue weighted by Gasteiger charge is 2.26. The van der Waals surface area contributed by atoms with Gasteiger partial charge in [-0.15, -0.1) is 0 Å². The maximum absolute atomic E-state index is 13.8. The Hall–Kier alpha value is -1.09. The summed E-state index contributed by atoms with van der Waals surface area (Å²) in [4.78, 5) is 2.17. The SMILES string of the molecule is CNC1CCN(c2cc(C)ccc2F)CC1C. The molecule has 94 valence electrons. The summed E-state index contributed by atoms with van der Waals surface area (Å²) in [6.45, 7) is 6.08. The molecule has 1 fully saturated rings. The lowest BCUT2D eigenvalue weighted by atomic mass is 9.93. The summed E-state index contributed by atoms with van der Waals surface area (Å²) in [7, 11) is 2.00. The number of anilines is 1. The van der Waals surface area contributed by atoms with Crippen LogP contribution in [0.15, 0.2) is 18.2 Å². The van der Waals surface area contributed by atoms with E-state index >= 15 is 0 Å². The molecule has 0 radical (unpaired) electrons. The Bertz CT molecular complexity index is 392. The quantitative estimate of drug-likeness (QED) is 0.849. The van der Waals surface area contributed by atoms with Crippen LogP contribution in [0.5, 0.6) is 0 Å². The van der Waals surface area contributed by atoms with Gasteiger partial charge in [0.2, 0.25) is 0 Å². The van der Waals surface area contributed by atoms with Crippen molar-refractivity contribution >= 4 is 5.69 Å². The van der Waals surface area contributed by atoms with Gasteiger partial charge in [0.1, 0.15) is 5.82 Å². The van der Waals surface area contributed by atoms with Crippen molar-refractivity contribution < 1.29 is 4.39 Å². The van der Waals surface area contributed by atoms with Crippen LogP contribution in [0.1, 0.15) is 18.9 Å². The van der Waals surface area contributed by atoms with Crippen molar-refractivity contribution in [1.82, 2.24) is 5.32 Å². The Kier molecular flexibility index (Phi) is 3.67. The Labute approximate surface area is 103 Å². The van der Waals surface area contributed by atoms with Gasteiger partial charge in [0, 0.05) is 19.1 Å². The average Bonchev–Trinajstić information content (AvgIpc) is 2.32. The van der Waals surface area contributed by atoms with Gasteiger partial charge in [0.15, 0.2) is 0 Å². The number of halogens is 1. The number of nitrogens with zero attached hydrogens (tertiary/aromatic N) is 1. The molecule has 1 aliphatic rings. The molecule has 2 unspecified atom stereocenters. The van der Waals surface area contributed by atoms with Gasteiger partial charge < -0.3 is 10.2 Å². The third kappa shape index (κ3) is 2.60. The summed E-state index contributed by atoms with van der Waals surface area (Å²) in [6, 6.07) is 5.89. The van der Waals surface area contributed by atoms with Crippen LogP contribution < -0.4 is 10.2 Å². The lowest BCUT2D eigenvalue weighted by molar-refractivity contribution is 0.337. The van der Waals surface area contributed by atoms with Gasteiger partial charge >= 0.3 is 0 Å². The lowest BCUT2D eigenvalue weighted by Crippen LogP contribution is -2.47. The molecule has 1 heterocycles. The first-order valence-corrected chi connectivity index (χ1v) is 6.30. The van der Waals surface area contributed by atoms with Gasteiger partial charge in [-0.2, -0.15) is 0 Å². The molecule has 0 aromatic heterocycles. The lowest BCUT2D eigenvalue weighted by Gasteiger charge is -2.38.